The number of rotatable bonds is 3. The van der Waals surface area contributed by atoms with Crippen molar-refractivity contribution in [3.63, 3.8) is 0 Å². The van der Waals surface area contributed by atoms with Gasteiger partial charge in [-0.15, -0.1) is 0 Å². The number of benzene rings is 1. The Morgan fingerprint density at radius 3 is 2.80 bits per heavy atom. The average molecular weight is 271 g/mol. The number of hydrogen-bond acceptors (Lipinski definition) is 2. The first kappa shape index (κ1) is 12.2. The summed E-state index contributed by atoms with van der Waals surface area (Å²) in [7, 11) is 0. The van der Waals surface area contributed by atoms with Crippen LogP contribution in [-0.2, 0) is 4.79 Å². The summed E-state index contributed by atoms with van der Waals surface area (Å²) < 4.78 is 0.874. The van der Waals surface area contributed by atoms with Crippen LogP contribution in [0.25, 0.3) is 0 Å². The molecule has 1 rings (SSSR count). The highest BCUT2D eigenvalue weighted by molar-refractivity contribution is 9.10. The molecule has 1 atom stereocenters. The summed E-state index contributed by atoms with van der Waals surface area (Å²) in [6.07, 6.45) is 0.634. The lowest BCUT2D eigenvalue weighted by Crippen LogP contribution is -2.34. The summed E-state index contributed by atoms with van der Waals surface area (Å²) >= 11 is 3.39. The van der Waals surface area contributed by atoms with Crippen molar-refractivity contribution < 1.29 is 4.79 Å². The summed E-state index contributed by atoms with van der Waals surface area (Å²) in [4.78, 5) is 11.5. The third kappa shape index (κ3) is 3.32. The van der Waals surface area contributed by atoms with Crippen LogP contribution in [0.3, 0.4) is 0 Å². The second kappa shape index (κ2) is 5.28. The molecule has 0 spiro atoms. The molecular formula is C11H15BrN2O. The molecule has 3 N–H and O–H groups in total. The smallest absolute Gasteiger partial charge is 0.241 e. The molecule has 1 aromatic carbocycles. The molecule has 4 heteroatoms. The number of nitrogens with one attached hydrogen (secondary N) is 1. The van der Waals surface area contributed by atoms with Crippen LogP contribution in [0.5, 0.6) is 0 Å². The molecule has 0 heterocycles. The van der Waals surface area contributed by atoms with Crippen molar-refractivity contribution in [2.75, 3.05) is 5.32 Å². The van der Waals surface area contributed by atoms with E-state index in [1.54, 1.807) is 0 Å². The largest absolute Gasteiger partial charge is 0.324 e. The van der Waals surface area contributed by atoms with Crippen LogP contribution in [0, 0.1) is 6.92 Å². The number of amides is 1. The van der Waals surface area contributed by atoms with Gasteiger partial charge in [0.1, 0.15) is 0 Å². The Morgan fingerprint density at radius 2 is 2.27 bits per heavy atom. The third-order valence-electron chi connectivity index (χ3n) is 2.16. The topological polar surface area (TPSA) is 55.1 Å². The molecule has 82 valence electrons. The molecular weight excluding hydrogens is 256 g/mol. The highest BCUT2D eigenvalue weighted by Gasteiger charge is 2.12. The van der Waals surface area contributed by atoms with Gasteiger partial charge in [0, 0.05) is 4.47 Å². The Hall–Kier alpha value is -0.870. The highest BCUT2D eigenvalue weighted by atomic mass is 79.9. The lowest BCUT2D eigenvalue weighted by Gasteiger charge is -2.11. The van der Waals surface area contributed by atoms with Gasteiger partial charge >= 0.3 is 0 Å². The Bertz CT molecular complexity index is 366. The van der Waals surface area contributed by atoms with Gasteiger partial charge in [0.05, 0.1) is 11.7 Å². The van der Waals surface area contributed by atoms with Crippen molar-refractivity contribution in [3.8, 4) is 0 Å². The van der Waals surface area contributed by atoms with Crippen molar-refractivity contribution in [1.82, 2.24) is 0 Å². The number of halogens is 1. The van der Waals surface area contributed by atoms with Crippen molar-refractivity contribution >= 4 is 27.5 Å². The number of carbonyl (C=O) groups is 1. The zero-order valence-corrected chi connectivity index (χ0v) is 10.5. The molecule has 0 bridgehead atoms. The van der Waals surface area contributed by atoms with Crippen molar-refractivity contribution in [2.45, 2.75) is 26.3 Å². The molecule has 0 aliphatic carbocycles. The Morgan fingerprint density at radius 1 is 1.60 bits per heavy atom. The normalized spacial score (nSPS) is 12.3. The van der Waals surface area contributed by atoms with E-state index >= 15 is 0 Å². The van der Waals surface area contributed by atoms with Gasteiger partial charge in [-0.3, -0.25) is 4.79 Å². The molecule has 0 saturated carbocycles. The van der Waals surface area contributed by atoms with Gasteiger partial charge in [-0.25, -0.2) is 0 Å². The predicted octanol–water partition coefficient (Wildman–Crippen LogP) is 2.43. The van der Waals surface area contributed by atoms with E-state index in [1.165, 1.54) is 0 Å². The monoisotopic (exact) mass is 270 g/mol. The first-order valence-corrected chi connectivity index (χ1v) is 5.66. The fourth-order valence-electron chi connectivity index (χ4n) is 1.13. The van der Waals surface area contributed by atoms with Gasteiger partial charge in [-0.2, -0.15) is 0 Å². The zero-order chi connectivity index (χ0) is 11.4. The quantitative estimate of drug-likeness (QED) is 0.887. The summed E-state index contributed by atoms with van der Waals surface area (Å²) in [5.41, 5.74) is 7.51. The number of carbonyl (C=O) groups excluding carboxylic acids is 1. The minimum absolute atomic E-state index is 0.151. The average Bonchev–Trinajstić information content (AvgIpc) is 2.20. The summed E-state index contributed by atoms with van der Waals surface area (Å²) in [5.74, 6) is -0.151. The fourth-order valence-corrected chi connectivity index (χ4v) is 1.72. The van der Waals surface area contributed by atoms with Gasteiger partial charge in [-0.1, -0.05) is 13.0 Å². The van der Waals surface area contributed by atoms with Gasteiger partial charge in [-0.05, 0) is 47.0 Å². The fraction of sp³-hybridized carbons (Fsp3) is 0.364. The van der Waals surface area contributed by atoms with E-state index in [4.69, 9.17) is 5.73 Å². The molecule has 3 nitrogen and oxygen atoms in total. The van der Waals surface area contributed by atoms with Crippen LogP contribution in [0.15, 0.2) is 22.7 Å². The number of aryl methyl sites for hydroxylation is 1. The summed E-state index contributed by atoms with van der Waals surface area (Å²) in [6, 6.07) is 5.31. The molecule has 0 aliphatic heterocycles. The standard InChI is InChI=1S/C11H15BrN2O/c1-3-9(13)11(15)14-10-5-4-7(2)6-8(10)12/h4-6,9H,3,13H2,1-2H3,(H,14,15). The first-order valence-electron chi connectivity index (χ1n) is 4.87. The highest BCUT2D eigenvalue weighted by Crippen LogP contribution is 2.23. The molecule has 0 radical (unpaired) electrons. The number of nitrogens with two attached hydrogens (primary N) is 1. The Balaban J connectivity index is 2.77. The van der Waals surface area contributed by atoms with E-state index in [1.807, 2.05) is 32.0 Å². The van der Waals surface area contributed by atoms with Crippen LogP contribution < -0.4 is 11.1 Å². The Labute approximate surface area is 98.2 Å². The van der Waals surface area contributed by atoms with Crippen LogP contribution in [0.1, 0.15) is 18.9 Å². The summed E-state index contributed by atoms with van der Waals surface area (Å²) in [6.45, 7) is 3.88. The maximum atomic E-state index is 11.5. The Kier molecular flexibility index (Phi) is 4.29. The van der Waals surface area contributed by atoms with Crippen LogP contribution >= 0.6 is 15.9 Å². The lowest BCUT2D eigenvalue weighted by atomic mass is 10.2. The predicted molar refractivity (Wildman–Crippen MR) is 65.8 cm³/mol. The number of hydrogen-bond donors (Lipinski definition) is 2. The van der Waals surface area contributed by atoms with Crippen molar-refractivity contribution in [3.05, 3.63) is 28.2 Å². The minimum Gasteiger partial charge on any atom is -0.324 e. The van der Waals surface area contributed by atoms with Gasteiger partial charge < -0.3 is 11.1 Å². The van der Waals surface area contributed by atoms with Crippen LogP contribution in [0.4, 0.5) is 5.69 Å². The molecule has 0 saturated heterocycles. The lowest BCUT2D eigenvalue weighted by molar-refractivity contribution is -0.117. The van der Waals surface area contributed by atoms with Gasteiger partial charge in [0.2, 0.25) is 5.91 Å². The van der Waals surface area contributed by atoms with Gasteiger partial charge in [0.25, 0.3) is 0 Å². The second-order valence-corrected chi connectivity index (χ2v) is 4.34. The van der Waals surface area contributed by atoms with E-state index in [-0.39, 0.29) is 5.91 Å². The molecule has 0 fully saturated rings. The summed E-state index contributed by atoms with van der Waals surface area (Å²) in [5, 5.41) is 2.78. The third-order valence-corrected chi connectivity index (χ3v) is 2.82. The maximum Gasteiger partial charge on any atom is 0.241 e. The molecule has 0 aliphatic rings. The van der Waals surface area contributed by atoms with Crippen LogP contribution in [0.2, 0.25) is 0 Å². The van der Waals surface area contributed by atoms with E-state index in [0.717, 1.165) is 15.7 Å². The van der Waals surface area contributed by atoms with E-state index < -0.39 is 6.04 Å². The van der Waals surface area contributed by atoms with E-state index in [2.05, 4.69) is 21.2 Å². The van der Waals surface area contributed by atoms with Crippen molar-refractivity contribution in [1.29, 1.82) is 0 Å². The molecule has 1 aromatic rings. The SMILES string of the molecule is CCC(N)C(=O)Nc1ccc(C)cc1Br. The first-order chi connectivity index (χ1) is 7.04. The second-order valence-electron chi connectivity index (χ2n) is 3.49. The molecule has 1 amide bonds. The zero-order valence-electron chi connectivity index (χ0n) is 8.88. The minimum atomic E-state index is -0.446. The van der Waals surface area contributed by atoms with E-state index in [9.17, 15) is 4.79 Å². The van der Waals surface area contributed by atoms with Crippen molar-refractivity contribution in [2.24, 2.45) is 5.73 Å². The van der Waals surface area contributed by atoms with Gasteiger partial charge in [0.15, 0.2) is 0 Å². The van der Waals surface area contributed by atoms with E-state index in [0.29, 0.717) is 6.42 Å². The van der Waals surface area contributed by atoms with Crippen LogP contribution in [-0.4, -0.2) is 11.9 Å². The molecule has 1 unspecified atom stereocenters. The molecule has 0 aromatic heterocycles. The maximum absolute atomic E-state index is 11.5. The number of anilines is 1. The molecule has 15 heavy (non-hydrogen) atoms.